The van der Waals surface area contributed by atoms with Gasteiger partial charge in [-0.3, -0.25) is 4.79 Å². The van der Waals surface area contributed by atoms with Crippen LogP contribution in [0.25, 0.3) is 0 Å². The van der Waals surface area contributed by atoms with Gasteiger partial charge in [-0.2, -0.15) is 0 Å². The Balaban J connectivity index is 1.95. The highest BCUT2D eigenvalue weighted by atomic mass is 79.9. The van der Waals surface area contributed by atoms with Crippen LogP contribution in [0.1, 0.15) is 30.1 Å². The molecule has 0 saturated carbocycles. The molecule has 3 nitrogen and oxygen atoms in total. The number of hydrogen-bond acceptors (Lipinski definition) is 3. The molecule has 0 aromatic heterocycles. The Hall–Kier alpha value is -0.870. The number of hydrogen-bond donors (Lipinski definition) is 0. The Labute approximate surface area is 122 Å². The summed E-state index contributed by atoms with van der Waals surface area (Å²) < 4.78 is 11.3. The third-order valence-corrected chi connectivity index (χ3v) is 4.83. The summed E-state index contributed by atoms with van der Waals surface area (Å²) in [5.74, 6) is 0.893. The first-order valence-corrected chi connectivity index (χ1v) is 7.65. The summed E-state index contributed by atoms with van der Waals surface area (Å²) in [6.45, 7) is 3.86. The number of halogens is 1. The van der Waals surface area contributed by atoms with Gasteiger partial charge in [-0.1, -0.05) is 15.9 Å². The number of ether oxygens (including phenoxy) is 2. The molecule has 0 atom stereocenters. The van der Waals surface area contributed by atoms with Crippen molar-refractivity contribution in [2.24, 2.45) is 5.41 Å². The van der Waals surface area contributed by atoms with E-state index in [1.165, 1.54) is 0 Å². The number of Topliss-reactive ketones (excluding diaryl/α,β-unsaturated/α-hetero) is 1. The Bertz CT molecular complexity index is 422. The summed E-state index contributed by atoms with van der Waals surface area (Å²) in [5.41, 5.74) is 0.880. The van der Waals surface area contributed by atoms with E-state index in [2.05, 4.69) is 15.9 Å². The molecule has 4 heteroatoms. The lowest BCUT2D eigenvalue weighted by molar-refractivity contribution is 0.00354. The molecule has 0 amide bonds. The van der Waals surface area contributed by atoms with Crippen molar-refractivity contribution in [2.45, 2.75) is 19.8 Å². The SMILES string of the molecule is CC(=O)c1ccc(OCC2(CBr)CCOCC2)cc1. The van der Waals surface area contributed by atoms with Gasteiger partial charge >= 0.3 is 0 Å². The molecule has 19 heavy (non-hydrogen) atoms. The molecule has 1 heterocycles. The zero-order valence-corrected chi connectivity index (χ0v) is 12.7. The van der Waals surface area contributed by atoms with Gasteiger partial charge in [0.15, 0.2) is 5.78 Å². The Morgan fingerprint density at radius 2 is 1.95 bits per heavy atom. The minimum absolute atomic E-state index is 0.0768. The molecule has 2 rings (SSSR count). The predicted molar refractivity (Wildman–Crippen MR) is 78.2 cm³/mol. The second-order valence-electron chi connectivity index (χ2n) is 5.12. The average Bonchev–Trinajstić information content (AvgIpc) is 2.46. The van der Waals surface area contributed by atoms with Gasteiger partial charge in [0.1, 0.15) is 5.75 Å². The number of carbonyl (C=O) groups is 1. The first-order valence-electron chi connectivity index (χ1n) is 6.53. The smallest absolute Gasteiger partial charge is 0.159 e. The van der Waals surface area contributed by atoms with Crippen molar-refractivity contribution >= 4 is 21.7 Å². The van der Waals surface area contributed by atoms with E-state index in [4.69, 9.17) is 9.47 Å². The van der Waals surface area contributed by atoms with Crippen LogP contribution >= 0.6 is 15.9 Å². The molecule has 1 aromatic carbocycles. The molecule has 0 radical (unpaired) electrons. The van der Waals surface area contributed by atoms with E-state index in [-0.39, 0.29) is 11.2 Å². The predicted octanol–water partition coefficient (Wildman–Crippen LogP) is 3.46. The minimum Gasteiger partial charge on any atom is -0.493 e. The van der Waals surface area contributed by atoms with Crippen LogP contribution in [0.2, 0.25) is 0 Å². The molecule has 0 aliphatic carbocycles. The summed E-state index contributed by atoms with van der Waals surface area (Å²) in [6, 6.07) is 7.33. The standard InChI is InChI=1S/C15H19BrO3/c1-12(17)13-2-4-14(5-3-13)19-11-15(10-16)6-8-18-9-7-15/h2-5H,6-11H2,1H3. The van der Waals surface area contributed by atoms with Crippen LogP contribution in [-0.4, -0.2) is 30.9 Å². The Kier molecular flexibility index (Phi) is 4.99. The van der Waals surface area contributed by atoms with Gasteiger partial charge in [0, 0.05) is 29.5 Å². The third kappa shape index (κ3) is 3.80. The van der Waals surface area contributed by atoms with Gasteiger partial charge < -0.3 is 9.47 Å². The fourth-order valence-electron chi connectivity index (χ4n) is 2.14. The lowest BCUT2D eigenvalue weighted by Gasteiger charge is -2.35. The van der Waals surface area contributed by atoms with Crippen molar-refractivity contribution in [3.8, 4) is 5.75 Å². The van der Waals surface area contributed by atoms with Crippen molar-refractivity contribution in [2.75, 3.05) is 25.2 Å². The second-order valence-corrected chi connectivity index (χ2v) is 5.68. The molecule has 0 bridgehead atoms. The maximum Gasteiger partial charge on any atom is 0.159 e. The van der Waals surface area contributed by atoms with Gasteiger partial charge in [-0.15, -0.1) is 0 Å². The average molecular weight is 327 g/mol. The molecular formula is C15H19BrO3. The van der Waals surface area contributed by atoms with E-state index < -0.39 is 0 Å². The van der Waals surface area contributed by atoms with Gasteiger partial charge in [-0.25, -0.2) is 0 Å². The molecule has 1 aliphatic heterocycles. The lowest BCUT2D eigenvalue weighted by atomic mass is 9.83. The number of carbonyl (C=O) groups excluding carboxylic acids is 1. The van der Waals surface area contributed by atoms with E-state index in [1.807, 2.05) is 24.3 Å². The Morgan fingerprint density at radius 3 is 2.47 bits per heavy atom. The second kappa shape index (κ2) is 6.53. The molecule has 1 aromatic rings. The van der Waals surface area contributed by atoms with Crippen LogP contribution < -0.4 is 4.74 Å². The van der Waals surface area contributed by atoms with E-state index in [1.54, 1.807) is 6.92 Å². The quantitative estimate of drug-likeness (QED) is 0.614. The van der Waals surface area contributed by atoms with Crippen LogP contribution in [0.5, 0.6) is 5.75 Å². The topological polar surface area (TPSA) is 35.5 Å². The molecule has 1 aliphatic rings. The zero-order chi connectivity index (χ0) is 13.7. The van der Waals surface area contributed by atoms with Crippen molar-refractivity contribution in [1.82, 2.24) is 0 Å². The highest BCUT2D eigenvalue weighted by molar-refractivity contribution is 9.09. The number of alkyl halides is 1. The minimum atomic E-state index is 0.0768. The van der Waals surface area contributed by atoms with E-state index in [9.17, 15) is 4.79 Å². The third-order valence-electron chi connectivity index (χ3n) is 3.64. The summed E-state index contributed by atoms with van der Waals surface area (Å²) >= 11 is 3.59. The van der Waals surface area contributed by atoms with Gasteiger partial charge in [-0.05, 0) is 44.0 Å². The van der Waals surface area contributed by atoms with Gasteiger partial charge in [0.25, 0.3) is 0 Å². The molecule has 0 unspecified atom stereocenters. The maximum atomic E-state index is 11.2. The summed E-state index contributed by atoms with van der Waals surface area (Å²) in [7, 11) is 0. The Morgan fingerprint density at radius 1 is 1.32 bits per heavy atom. The molecule has 0 N–H and O–H groups in total. The van der Waals surface area contributed by atoms with E-state index in [0.717, 1.165) is 37.1 Å². The van der Waals surface area contributed by atoms with Crippen LogP contribution in [0.4, 0.5) is 0 Å². The summed E-state index contributed by atoms with van der Waals surface area (Å²) in [6.07, 6.45) is 2.04. The first-order chi connectivity index (χ1) is 9.15. The van der Waals surface area contributed by atoms with Crippen molar-refractivity contribution in [3.63, 3.8) is 0 Å². The molecule has 1 fully saturated rings. The highest BCUT2D eigenvalue weighted by Crippen LogP contribution is 2.33. The molecule has 0 spiro atoms. The number of ketones is 1. The maximum absolute atomic E-state index is 11.2. The summed E-state index contributed by atoms with van der Waals surface area (Å²) in [5, 5.41) is 0.925. The van der Waals surface area contributed by atoms with Crippen LogP contribution in [0.15, 0.2) is 24.3 Å². The largest absolute Gasteiger partial charge is 0.493 e. The molecule has 104 valence electrons. The summed E-state index contributed by atoms with van der Waals surface area (Å²) in [4.78, 5) is 11.2. The van der Waals surface area contributed by atoms with Crippen LogP contribution in [-0.2, 0) is 4.74 Å². The zero-order valence-electron chi connectivity index (χ0n) is 11.2. The first kappa shape index (κ1) is 14.5. The fraction of sp³-hybridized carbons (Fsp3) is 0.533. The fourth-order valence-corrected chi connectivity index (χ4v) is 2.87. The van der Waals surface area contributed by atoms with Gasteiger partial charge in [0.2, 0.25) is 0 Å². The van der Waals surface area contributed by atoms with Crippen molar-refractivity contribution in [1.29, 1.82) is 0 Å². The van der Waals surface area contributed by atoms with E-state index in [0.29, 0.717) is 12.2 Å². The van der Waals surface area contributed by atoms with Crippen molar-refractivity contribution in [3.05, 3.63) is 29.8 Å². The van der Waals surface area contributed by atoms with E-state index >= 15 is 0 Å². The normalized spacial score (nSPS) is 18.0. The molecule has 1 saturated heterocycles. The monoisotopic (exact) mass is 326 g/mol. The number of benzene rings is 1. The number of rotatable bonds is 5. The molecular weight excluding hydrogens is 308 g/mol. The van der Waals surface area contributed by atoms with Crippen LogP contribution in [0.3, 0.4) is 0 Å². The van der Waals surface area contributed by atoms with Crippen molar-refractivity contribution < 1.29 is 14.3 Å². The van der Waals surface area contributed by atoms with Crippen LogP contribution in [0, 0.1) is 5.41 Å². The lowest BCUT2D eigenvalue weighted by Crippen LogP contribution is -2.36. The van der Waals surface area contributed by atoms with Gasteiger partial charge in [0.05, 0.1) is 6.61 Å². The highest BCUT2D eigenvalue weighted by Gasteiger charge is 2.32.